The van der Waals surface area contributed by atoms with Gasteiger partial charge in [0.25, 0.3) is 0 Å². The fourth-order valence-corrected chi connectivity index (χ4v) is 6.02. The number of aromatic nitrogens is 1. The summed E-state index contributed by atoms with van der Waals surface area (Å²) < 4.78 is 15.4. The van der Waals surface area contributed by atoms with Gasteiger partial charge in [0.1, 0.15) is 5.82 Å². The number of hydrogen-bond donors (Lipinski definition) is 2. The van der Waals surface area contributed by atoms with E-state index in [9.17, 15) is 18.8 Å². The molecule has 0 radical (unpaired) electrons. The van der Waals surface area contributed by atoms with Gasteiger partial charge in [0, 0.05) is 51.6 Å². The number of primary amides is 1. The van der Waals surface area contributed by atoms with Gasteiger partial charge in [0.15, 0.2) is 0 Å². The standard InChI is InChI=1S/C30H27BrClFN4O3/c1-16-3-2-4-25(37-12-10-18(15-26(37)38)27-21(31)7-8-22(32)28(27)33)24-13-17(9-11-35-24)20-6-5-19(29(34)39)14-23(20)36-30(16)40/h5-9,11,13-16,25H,2-4,10,12H2,1H3,(H2,34,39)(H,36,40). The normalized spacial score (nSPS) is 19.6. The molecule has 0 spiro atoms. The van der Waals surface area contributed by atoms with Crippen LogP contribution in [0, 0.1) is 11.7 Å². The van der Waals surface area contributed by atoms with Gasteiger partial charge in [-0.25, -0.2) is 4.39 Å². The second-order valence-electron chi connectivity index (χ2n) is 10.1. The van der Waals surface area contributed by atoms with Crippen LogP contribution in [-0.4, -0.2) is 34.2 Å². The summed E-state index contributed by atoms with van der Waals surface area (Å²) in [6.45, 7) is 2.22. The number of pyridine rings is 1. The van der Waals surface area contributed by atoms with Crippen molar-refractivity contribution in [2.75, 3.05) is 11.9 Å². The highest BCUT2D eigenvalue weighted by Crippen LogP contribution is 2.38. The summed E-state index contributed by atoms with van der Waals surface area (Å²) in [5.41, 5.74) is 9.34. The van der Waals surface area contributed by atoms with E-state index in [2.05, 4.69) is 26.2 Å². The number of carbonyl (C=O) groups is 3. The van der Waals surface area contributed by atoms with Crippen LogP contribution < -0.4 is 11.1 Å². The fourth-order valence-electron chi connectivity index (χ4n) is 5.30. The fraction of sp³-hybridized carbons (Fsp3) is 0.267. The minimum atomic E-state index is -0.590. The first-order valence-electron chi connectivity index (χ1n) is 13.0. The summed E-state index contributed by atoms with van der Waals surface area (Å²) in [4.78, 5) is 44.8. The van der Waals surface area contributed by atoms with Crippen molar-refractivity contribution in [3.8, 4) is 11.1 Å². The zero-order valence-electron chi connectivity index (χ0n) is 21.7. The second-order valence-corrected chi connectivity index (χ2v) is 11.4. The van der Waals surface area contributed by atoms with Crippen molar-refractivity contribution in [3.63, 3.8) is 0 Å². The molecule has 5 rings (SSSR count). The molecule has 7 nitrogen and oxygen atoms in total. The Hall–Kier alpha value is -3.56. The molecule has 0 saturated carbocycles. The molecule has 2 atom stereocenters. The molecule has 3 heterocycles. The molecule has 2 unspecified atom stereocenters. The molecule has 2 aliphatic rings. The maximum absolute atomic E-state index is 14.9. The molecule has 10 heteroatoms. The van der Waals surface area contributed by atoms with Gasteiger partial charge < -0.3 is 16.0 Å². The number of rotatable bonds is 3. The van der Waals surface area contributed by atoms with Gasteiger partial charge >= 0.3 is 0 Å². The number of nitrogens with one attached hydrogen (secondary N) is 1. The van der Waals surface area contributed by atoms with Gasteiger partial charge in [-0.1, -0.05) is 46.9 Å². The van der Waals surface area contributed by atoms with Crippen LogP contribution >= 0.6 is 27.5 Å². The predicted octanol–water partition coefficient (Wildman–Crippen LogP) is 6.52. The van der Waals surface area contributed by atoms with Crippen LogP contribution in [0.1, 0.15) is 60.3 Å². The van der Waals surface area contributed by atoms with Gasteiger partial charge in [0.05, 0.1) is 16.8 Å². The van der Waals surface area contributed by atoms with Crippen molar-refractivity contribution in [2.45, 2.75) is 38.6 Å². The molecule has 3 aromatic rings. The Morgan fingerprint density at radius 2 is 1.98 bits per heavy atom. The maximum Gasteiger partial charge on any atom is 0.248 e. The number of fused-ring (bicyclic) bond motifs is 4. The molecule has 2 aromatic carbocycles. The van der Waals surface area contributed by atoms with Gasteiger partial charge in [0.2, 0.25) is 17.7 Å². The highest BCUT2D eigenvalue weighted by atomic mass is 79.9. The van der Waals surface area contributed by atoms with E-state index in [4.69, 9.17) is 17.3 Å². The Labute approximate surface area is 244 Å². The van der Waals surface area contributed by atoms with Crippen molar-refractivity contribution < 1.29 is 18.8 Å². The molecular weight excluding hydrogens is 599 g/mol. The topological polar surface area (TPSA) is 105 Å². The van der Waals surface area contributed by atoms with Crippen molar-refractivity contribution in [1.29, 1.82) is 0 Å². The minimum Gasteiger partial charge on any atom is -0.366 e. The van der Waals surface area contributed by atoms with Crippen LogP contribution in [0.25, 0.3) is 16.7 Å². The Kier molecular flexibility index (Phi) is 8.05. The summed E-state index contributed by atoms with van der Waals surface area (Å²) in [6.07, 6.45) is 5.46. The number of benzene rings is 2. The van der Waals surface area contributed by atoms with E-state index in [1.54, 1.807) is 35.4 Å². The number of nitrogens with zero attached hydrogens (tertiary/aromatic N) is 2. The van der Waals surface area contributed by atoms with E-state index in [-0.39, 0.29) is 34.4 Å². The lowest BCUT2D eigenvalue weighted by atomic mass is 9.92. The highest BCUT2D eigenvalue weighted by molar-refractivity contribution is 9.10. The number of hydrogen-bond acceptors (Lipinski definition) is 4. The molecular formula is C30H27BrClFN4O3. The molecule has 3 N–H and O–H groups in total. The summed E-state index contributed by atoms with van der Waals surface area (Å²) in [5, 5.41) is 2.96. The molecule has 2 bridgehead atoms. The third-order valence-corrected chi connectivity index (χ3v) is 8.45. The zero-order valence-corrected chi connectivity index (χ0v) is 24.1. The van der Waals surface area contributed by atoms with Gasteiger partial charge in [-0.15, -0.1) is 0 Å². The Morgan fingerprint density at radius 3 is 2.73 bits per heavy atom. The number of nitrogens with two attached hydrogens (primary N) is 1. The van der Waals surface area contributed by atoms with Crippen LogP contribution in [0.15, 0.2) is 59.2 Å². The van der Waals surface area contributed by atoms with E-state index >= 15 is 0 Å². The van der Waals surface area contributed by atoms with Crippen LogP contribution in [0.3, 0.4) is 0 Å². The van der Waals surface area contributed by atoms with E-state index in [1.165, 1.54) is 12.1 Å². The Balaban J connectivity index is 1.54. The minimum absolute atomic E-state index is 0.00398. The van der Waals surface area contributed by atoms with Crippen molar-refractivity contribution in [3.05, 3.63) is 86.9 Å². The first-order valence-corrected chi connectivity index (χ1v) is 14.2. The van der Waals surface area contributed by atoms with E-state index < -0.39 is 11.7 Å². The average Bonchev–Trinajstić information content (AvgIpc) is 2.93. The smallest absolute Gasteiger partial charge is 0.248 e. The average molecular weight is 626 g/mol. The van der Waals surface area contributed by atoms with Gasteiger partial charge in [-0.2, -0.15) is 0 Å². The molecule has 0 aliphatic carbocycles. The third-order valence-electron chi connectivity index (χ3n) is 7.50. The number of anilines is 1. The van der Waals surface area contributed by atoms with Gasteiger partial charge in [-0.3, -0.25) is 19.4 Å². The number of carbonyl (C=O) groups excluding carboxylic acids is 3. The predicted molar refractivity (Wildman–Crippen MR) is 156 cm³/mol. The zero-order chi connectivity index (χ0) is 28.6. The highest BCUT2D eigenvalue weighted by Gasteiger charge is 2.31. The van der Waals surface area contributed by atoms with Crippen LogP contribution in [0.2, 0.25) is 5.02 Å². The second kappa shape index (κ2) is 11.5. The van der Waals surface area contributed by atoms with Gasteiger partial charge in [-0.05, 0) is 66.8 Å². The molecule has 2 aliphatic heterocycles. The molecule has 1 aromatic heterocycles. The lowest BCUT2D eigenvalue weighted by Gasteiger charge is -2.34. The van der Waals surface area contributed by atoms with Crippen molar-refractivity contribution in [1.82, 2.24) is 9.88 Å². The summed E-state index contributed by atoms with van der Waals surface area (Å²) in [6, 6.07) is 11.5. The first-order chi connectivity index (χ1) is 19.1. The summed E-state index contributed by atoms with van der Waals surface area (Å²) in [7, 11) is 0. The van der Waals surface area contributed by atoms with Crippen LogP contribution in [0.4, 0.5) is 10.1 Å². The van der Waals surface area contributed by atoms with E-state index in [1.807, 2.05) is 19.1 Å². The monoisotopic (exact) mass is 624 g/mol. The quantitative estimate of drug-likeness (QED) is 0.324. The lowest BCUT2D eigenvalue weighted by molar-refractivity contribution is -0.129. The number of halogens is 3. The summed E-state index contributed by atoms with van der Waals surface area (Å²) >= 11 is 9.41. The first kappa shape index (κ1) is 28.0. The van der Waals surface area contributed by atoms with Crippen LogP contribution in [0.5, 0.6) is 0 Å². The summed E-state index contributed by atoms with van der Waals surface area (Å²) in [5.74, 6) is -1.86. The Bertz CT molecular complexity index is 1560. The largest absolute Gasteiger partial charge is 0.366 e. The van der Waals surface area contributed by atoms with E-state index in [0.29, 0.717) is 64.8 Å². The van der Waals surface area contributed by atoms with Crippen molar-refractivity contribution >= 4 is 56.5 Å². The SMILES string of the molecule is CC1CCCC(N2CCC(c3c(Br)ccc(Cl)c3F)=CC2=O)c2cc(ccn2)-c2ccc(C(N)=O)cc2NC1=O. The Morgan fingerprint density at radius 1 is 1.18 bits per heavy atom. The third kappa shape index (κ3) is 5.53. The molecule has 40 heavy (non-hydrogen) atoms. The maximum atomic E-state index is 14.9. The molecule has 0 saturated heterocycles. The molecule has 206 valence electrons. The van der Waals surface area contributed by atoms with Crippen LogP contribution in [-0.2, 0) is 9.59 Å². The lowest BCUT2D eigenvalue weighted by Crippen LogP contribution is -2.38. The molecule has 3 amide bonds. The number of amides is 3. The van der Waals surface area contributed by atoms with E-state index in [0.717, 1.165) is 5.56 Å². The molecule has 0 fully saturated rings. The van der Waals surface area contributed by atoms with Crippen molar-refractivity contribution in [2.24, 2.45) is 11.7 Å².